The second kappa shape index (κ2) is 5.34. The van der Waals surface area contributed by atoms with Gasteiger partial charge in [0.15, 0.2) is 0 Å². The van der Waals surface area contributed by atoms with Gasteiger partial charge in [0, 0.05) is 12.1 Å². The van der Waals surface area contributed by atoms with Crippen molar-refractivity contribution in [2.75, 3.05) is 5.73 Å². The lowest BCUT2D eigenvalue weighted by molar-refractivity contribution is 0.0697. The highest BCUT2D eigenvalue weighted by atomic mass is 35.5. The largest absolute Gasteiger partial charge is 0.478 e. The maximum Gasteiger partial charge on any atom is 0.338 e. The van der Waals surface area contributed by atoms with E-state index in [9.17, 15) is 4.79 Å². The second-order valence-electron chi connectivity index (χ2n) is 3.59. The molecule has 0 aliphatic carbocycles. The van der Waals surface area contributed by atoms with Crippen molar-refractivity contribution >= 4 is 34.9 Å². The molecule has 1 heterocycles. The van der Waals surface area contributed by atoms with Crippen LogP contribution in [0.25, 0.3) is 0 Å². The van der Waals surface area contributed by atoms with Gasteiger partial charge in [0.05, 0.1) is 27.5 Å². The standard InChI is InChI=1S/C12H8Cl2N2O3/c13-8-2-1-6(3-9(8)14)19-11-4-7(12(17)18)10(15)5-16-11/h1-5H,15H2,(H,17,18). The molecular formula is C12H8Cl2N2O3. The molecule has 0 radical (unpaired) electrons. The molecule has 0 aliphatic heterocycles. The molecule has 5 nitrogen and oxygen atoms in total. The van der Waals surface area contributed by atoms with Gasteiger partial charge < -0.3 is 15.6 Å². The summed E-state index contributed by atoms with van der Waals surface area (Å²) in [6.45, 7) is 0. The third-order valence-electron chi connectivity index (χ3n) is 2.25. The minimum absolute atomic E-state index is 0.0639. The Bertz CT molecular complexity index is 647. The number of nitrogen functional groups attached to an aromatic ring is 1. The van der Waals surface area contributed by atoms with Crippen LogP contribution in [0.3, 0.4) is 0 Å². The van der Waals surface area contributed by atoms with E-state index in [-0.39, 0.29) is 17.1 Å². The average molecular weight is 299 g/mol. The Morgan fingerprint density at radius 1 is 1.26 bits per heavy atom. The Kier molecular flexibility index (Phi) is 3.78. The van der Waals surface area contributed by atoms with Crippen LogP contribution in [0.4, 0.5) is 5.69 Å². The third-order valence-corrected chi connectivity index (χ3v) is 2.99. The smallest absolute Gasteiger partial charge is 0.338 e. The lowest BCUT2D eigenvalue weighted by Gasteiger charge is -2.07. The van der Waals surface area contributed by atoms with Crippen molar-refractivity contribution in [3.8, 4) is 11.6 Å². The van der Waals surface area contributed by atoms with Crippen molar-refractivity contribution in [3.63, 3.8) is 0 Å². The molecule has 0 aliphatic rings. The van der Waals surface area contributed by atoms with Gasteiger partial charge in [-0.3, -0.25) is 0 Å². The van der Waals surface area contributed by atoms with E-state index >= 15 is 0 Å². The Hall–Kier alpha value is -1.98. The fourth-order valence-corrected chi connectivity index (χ4v) is 1.64. The monoisotopic (exact) mass is 298 g/mol. The molecule has 0 fully saturated rings. The predicted octanol–water partition coefficient (Wildman–Crippen LogP) is 3.46. The van der Waals surface area contributed by atoms with Gasteiger partial charge in [0.25, 0.3) is 0 Å². The number of halogens is 2. The lowest BCUT2D eigenvalue weighted by atomic mass is 10.2. The molecule has 2 aromatic rings. The molecule has 0 unspecified atom stereocenters. The zero-order valence-electron chi connectivity index (χ0n) is 9.43. The summed E-state index contributed by atoms with van der Waals surface area (Å²) in [5.74, 6) is -0.660. The van der Waals surface area contributed by atoms with Gasteiger partial charge in [0.2, 0.25) is 5.88 Å². The van der Waals surface area contributed by atoms with Crippen molar-refractivity contribution in [2.45, 2.75) is 0 Å². The van der Waals surface area contributed by atoms with E-state index in [0.29, 0.717) is 15.8 Å². The molecule has 3 N–H and O–H groups in total. The summed E-state index contributed by atoms with van der Waals surface area (Å²) in [5, 5.41) is 9.66. The maximum absolute atomic E-state index is 10.9. The molecule has 7 heteroatoms. The topological polar surface area (TPSA) is 85.4 Å². The van der Waals surface area contributed by atoms with Crippen LogP contribution < -0.4 is 10.5 Å². The molecule has 0 saturated heterocycles. The van der Waals surface area contributed by atoms with E-state index in [1.54, 1.807) is 12.1 Å². The fourth-order valence-electron chi connectivity index (χ4n) is 1.35. The Morgan fingerprint density at radius 2 is 2.00 bits per heavy atom. The van der Waals surface area contributed by atoms with Crippen molar-refractivity contribution in [2.24, 2.45) is 0 Å². The first kappa shape index (κ1) is 13.5. The summed E-state index contributed by atoms with van der Waals surface area (Å²) in [7, 11) is 0. The van der Waals surface area contributed by atoms with Crippen molar-refractivity contribution < 1.29 is 14.6 Å². The van der Waals surface area contributed by atoms with Gasteiger partial charge in [-0.2, -0.15) is 0 Å². The Morgan fingerprint density at radius 3 is 2.63 bits per heavy atom. The maximum atomic E-state index is 10.9. The van der Waals surface area contributed by atoms with Gasteiger partial charge in [-0.25, -0.2) is 9.78 Å². The third kappa shape index (κ3) is 3.07. The van der Waals surface area contributed by atoms with E-state index in [0.717, 1.165) is 0 Å². The number of benzene rings is 1. The van der Waals surface area contributed by atoms with E-state index in [2.05, 4.69) is 4.98 Å². The first-order valence-electron chi connectivity index (χ1n) is 5.09. The van der Waals surface area contributed by atoms with Crippen LogP contribution >= 0.6 is 23.2 Å². The number of hydrogen-bond acceptors (Lipinski definition) is 4. The number of carboxylic acid groups (broad SMARTS) is 1. The SMILES string of the molecule is Nc1cnc(Oc2ccc(Cl)c(Cl)c2)cc1C(=O)O. The summed E-state index contributed by atoms with van der Waals surface area (Å²) < 4.78 is 5.39. The zero-order valence-corrected chi connectivity index (χ0v) is 10.9. The average Bonchev–Trinajstić information content (AvgIpc) is 2.36. The number of ether oxygens (including phenoxy) is 1. The normalized spacial score (nSPS) is 10.2. The van der Waals surface area contributed by atoms with Crippen LogP contribution in [0.2, 0.25) is 10.0 Å². The van der Waals surface area contributed by atoms with E-state index in [4.69, 9.17) is 38.8 Å². The summed E-state index contributed by atoms with van der Waals surface area (Å²) >= 11 is 11.6. The van der Waals surface area contributed by atoms with Gasteiger partial charge in [-0.15, -0.1) is 0 Å². The minimum atomic E-state index is -1.15. The lowest BCUT2D eigenvalue weighted by Crippen LogP contribution is -2.03. The highest BCUT2D eigenvalue weighted by molar-refractivity contribution is 6.42. The number of aromatic carboxylic acids is 1. The quantitative estimate of drug-likeness (QED) is 0.906. The highest BCUT2D eigenvalue weighted by Gasteiger charge is 2.11. The molecule has 1 aromatic carbocycles. The number of anilines is 1. The van der Waals surface area contributed by atoms with Crippen molar-refractivity contribution in [1.29, 1.82) is 0 Å². The van der Waals surface area contributed by atoms with E-state index in [1.165, 1.54) is 18.3 Å². The van der Waals surface area contributed by atoms with Crippen LogP contribution in [0.5, 0.6) is 11.6 Å². The number of aromatic nitrogens is 1. The molecule has 98 valence electrons. The number of nitrogens with zero attached hydrogens (tertiary/aromatic N) is 1. The zero-order chi connectivity index (χ0) is 14.0. The van der Waals surface area contributed by atoms with Crippen LogP contribution in [0.1, 0.15) is 10.4 Å². The molecule has 2 rings (SSSR count). The van der Waals surface area contributed by atoms with Crippen LogP contribution in [-0.4, -0.2) is 16.1 Å². The number of pyridine rings is 1. The van der Waals surface area contributed by atoms with E-state index in [1.807, 2.05) is 0 Å². The fraction of sp³-hybridized carbons (Fsp3) is 0. The van der Waals surface area contributed by atoms with Gasteiger partial charge >= 0.3 is 5.97 Å². The molecular weight excluding hydrogens is 291 g/mol. The molecule has 0 spiro atoms. The van der Waals surface area contributed by atoms with Crippen LogP contribution in [-0.2, 0) is 0 Å². The molecule has 0 saturated carbocycles. The molecule has 0 atom stereocenters. The predicted molar refractivity (Wildman–Crippen MR) is 72.1 cm³/mol. The molecule has 0 bridgehead atoms. The minimum Gasteiger partial charge on any atom is -0.478 e. The highest BCUT2D eigenvalue weighted by Crippen LogP contribution is 2.29. The van der Waals surface area contributed by atoms with Gasteiger partial charge in [-0.1, -0.05) is 23.2 Å². The summed E-state index contributed by atoms with van der Waals surface area (Å²) in [5.41, 5.74) is 5.48. The Balaban J connectivity index is 2.30. The first-order chi connectivity index (χ1) is 8.97. The van der Waals surface area contributed by atoms with Crippen LogP contribution in [0.15, 0.2) is 30.5 Å². The summed E-state index contributed by atoms with van der Waals surface area (Å²) in [6, 6.07) is 5.89. The second-order valence-corrected chi connectivity index (χ2v) is 4.41. The Labute approximate surface area is 118 Å². The van der Waals surface area contributed by atoms with Crippen molar-refractivity contribution in [3.05, 3.63) is 46.1 Å². The number of hydrogen-bond donors (Lipinski definition) is 2. The summed E-state index contributed by atoms with van der Waals surface area (Å²) in [4.78, 5) is 14.8. The number of carbonyl (C=O) groups is 1. The number of carboxylic acids is 1. The molecule has 0 amide bonds. The van der Waals surface area contributed by atoms with Crippen molar-refractivity contribution in [1.82, 2.24) is 4.98 Å². The number of rotatable bonds is 3. The molecule has 1 aromatic heterocycles. The first-order valence-corrected chi connectivity index (χ1v) is 5.84. The van der Waals surface area contributed by atoms with Gasteiger partial charge in [-0.05, 0) is 12.1 Å². The van der Waals surface area contributed by atoms with Crippen LogP contribution in [0, 0.1) is 0 Å². The van der Waals surface area contributed by atoms with Gasteiger partial charge in [0.1, 0.15) is 5.75 Å². The number of nitrogens with two attached hydrogens (primary N) is 1. The summed E-state index contributed by atoms with van der Waals surface area (Å²) in [6.07, 6.45) is 1.22. The molecule has 19 heavy (non-hydrogen) atoms. The van der Waals surface area contributed by atoms with E-state index < -0.39 is 5.97 Å².